The van der Waals surface area contributed by atoms with E-state index < -0.39 is 0 Å². The smallest absolute Gasteiger partial charge is 0.0712 e. The van der Waals surface area contributed by atoms with E-state index in [1.54, 1.807) is 0 Å². The van der Waals surface area contributed by atoms with Crippen molar-refractivity contribution in [2.24, 2.45) is 0 Å². The molecule has 3 heteroatoms. The summed E-state index contributed by atoms with van der Waals surface area (Å²) in [4.78, 5) is 0. The lowest BCUT2D eigenvalue weighted by Gasteiger charge is -2.07. The second-order valence-corrected chi connectivity index (χ2v) is 2.21. The van der Waals surface area contributed by atoms with Crippen molar-refractivity contribution in [3.63, 3.8) is 0 Å². The first kappa shape index (κ1) is 6.99. The molecular formula is C6H13NO2. The molecular weight excluding hydrogens is 118 g/mol. The zero-order valence-corrected chi connectivity index (χ0v) is 5.47. The van der Waals surface area contributed by atoms with Crippen molar-refractivity contribution in [3.05, 3.63) is 0 Å². The molecule has 0 aliphatic carbocycles. The van der Waals surface area contributed by atoms with E-state index in [0.29, 0.717) is 12.7 Å². The highest BCUT2D eigenvalue weighted by Crippen LogP contribution is 2.01. The van der Waals surface area contributed by atoms with Gasteiger partial charge in [0.05, 0.1) is 19.3 Å². The van der Waals surface area contributed by atoms with Crippen LogP contribution in [0.15, 0.2) is 0 Å². The molecule has 0 bridgehead atoms. The predicted octanol–water partition coefficient (Wildman–Crippen LogP) is -0.643. The van der Waals surface area contributed by atoms with E-state index in [1.165, 1.54) is 0 Å². The van der Waals surface area contributed by atoms with Gasteiger partial charge in [-0.15, -0.1) is 0 Å². The van der Waals surface area contributed by atoms with Gasteiger partial charge in [0.25, 0.3) is 0 Å². The minimum atomic E-state index is 0.135. The molecule has 1 atom stereocenters. The van der Waals surface area contributed by atoms with Gasteiger partial charge in [0.2, 0.25) is 0 Å². The Balaban J connectivity index is 1.98. The topological polar surface area (TPSA) is 41.5 Å². The molecule has 1 heterocycles. The zero-order chi connectivity index (χ0) is 6.53. The van der Waals surface area contributed by atoms with Gasteiger partial charge in [-0.3, -0.25) is 0 Å². The molecule has 0 aromatic heterocycles. The van der Waals surface area contributed by atoms with E-state index in [0.717, 1.165) is 19.5 Å². The summed E-state index contributed by atoms with van der Waals surface area (Å²) in [5.74, 6) is 0. The van der Waals surface area contributed by atoms with Crippen molar-refractivity contribution in [3.8, 4) is 0 Å². The lowest BCUT2D eigenvalue weighted by molar-refractivity contribution is 0.0402. The second-order valence-electron chi connectivity index (χ2n) is 2.21. The van der Waals surface area contributed by atoms with Crippen molar-refractivity contribution in [2.75, 3.05) is 26.3 Å². The molecule has 1 rings (SSSR count). The highest BCUT2D eigenvalue weighted by molar-refractivity contribution is 4.70. The Morgan fingerprint density at radius 2 is 2.56 bits per heavy atom. The molecule has 9 heavy (non-hydrogen) atoms. The fourth-order valence-corrected chi connectivity index (χ4v) is 0.990. The van der Waals surface area contributed by atoms with Gasteiger partial charge in [0.15, 0.2) is 0 Å². The molecule has 1 fully saturated rings. The molecule has 0 unspecified atom stereocenters. The van der Waals surface area contributed by atoms with Crippen LogP contribution in [-0.4, -0.2) is 37.5 Å². The van der Waals surface area contributed by atoms with E-state index >= 15 is 0 Å². The average molecular weight is 131 g/mol. The van der Waals surface area contributed by atoms with Crippen LogP contribution in [0.3, 0.4) is 0 Å². The quantitative estimate of drug-likeness (QED) is 0.535. The zero-order valence-electron chi connectivity index (χ0n) is 5.47. The summed E-state index contributed by atoms with van der Waals surface area (Å²) in [6, 6.07) is 0. The highest BCUT2D eigenvalue weighted by atomic mass is 16.5. The van der Waals surface area contributed by atoms with E-state index in [2.05, 4.69) is 5.32 Å². The summed E-state index contributed by atoms with van der Waals surface area (Å²) >= 11 is 0. The predicted molar refractivity (Wildman–Crippen MR) is 34.3 cm³/mol. The molecule has 0 saturated carbocycles. The third-order valence-corrected chi connectivity index (χ3v) is 1.46. The van der Waals surface area contributed by atoms with E-state index in [4.69, 9.17) is 9.84 Å². The van der Waals surface area contributed by atoms with Crippen LogP contribution in [0, 0.1) is 0 Å². The van der Waals surface area contributed by atoms with Gasteiger partial charge in [-0.1, -0.05) is 0 Å². The van der Waals surface area contributed by atoms with E-state index in [9.17, 15) is 0 Å². The molecule has 0 radical (unpaired) electrons. The molecule has 0 aromatic rings. The van der Waals surface area contributed by atoms with Crippen LogP contribution in [-0.2, 0) is 4.74 Å². The summed E-state index contributed by atoms with van der Waals surface area (Å²) in [6.45, 7) is 2.61. The number of aliphatic hydroxyl groups is 1. The molecule has 3 nitrogen and oxygen atoms in total. The summed E-state index contributed by atoms with van der Waals surface area (Å²) in [5, 5.41) is 11.6. The van der Waals surface area contributed by atoms with Gasteiger partial charge >= 0.3 is 0 Å². The van der Waals surface area contributed by atoms with Crippen LogP contribution in [0.1, 0.15) is 6.42 Å². The van der Waals surface area contributed by atoms with Crippen LogP contribution in [0.5, 0.6) is 0 Å². The number of hydrogen-bond donors (Lipinski definition) is 2. The van der Waals surface area contributed by atoms with Gasteiger partial charge in [-0.2, -0.15) is 0 Å². The average Bonchev–Trinajstić information content (AvgIpc) is 2.34. The van der Waals surface area contributed by atoms with Crippen molar-refractivity contribution in [2.45, 2.75) is 12.5 Å². The van der Waals surface area contributed by atoms with Gasteiger partial charge in [0, 0.05) is 6.54 Å². The normalized spacial score (nSPS) is 27.0. The Bertz CT molecular complexity index is 71.5. The third kappa shape index (κ3) is 2.30. The number of rotatable bonds is 3. The minimum Gasteiger partial charge on any atom is -0.394 e. The fraction of sp³-hybridized carbons (Fsp3) is 1.00. The maximum Gasteiger partial charge on any atom is 0.0712 e. The van der Waals surface area contributed by atoms with Crippen LogP contribution in [0.4, 0.5) is 0 Å². The number of ether oxygens (including phenoxy) is 1. The molecule has 0 amide bonds. The highest BCUT2D eigenvalue weighted by Gasteiger charge is 2.13. The summed E-state index contributed by atoms with van der Waals surface area (Å²) in [5.41, 5.74) is 0. The van der Waals surface area contributed by atoms with E-state index in [-0.39, 0.29) is 6.61 Å². The van der Waals surface area contributed by atoms with Crippen LogP contribution >= 0.6 is 0 Å². The Hall–Kier alpha value is -0.120. The number of hydrogen-bond acceptors (Lipinski definition) is 3. The molecule has 2 N–H and O–H groups in total. The standard InChI is InChI=1S/C6H13NO2/c8-3-4-9-6-1-2-7-5-6/h6-8H,1-5H2/t6-/m1/s1. The first-order valence-electron chi connectivity index (χ1n) is 3.36. The molecule has 1 aliphatic rings. The Morgan fingerprint density at radius 3 is 3.11 bits per heavy atom. The Morgan fingerprint density at radius 1 is 1.67 bits per heavy atom. The second kappa shape index (κ2) is 3.82. The van der Waals surface area contributed by atoms with E-state index in [1.807, 2.05) is 0 Å². The maximum atomic E-state index is 8.38. The molecule has 0 spiro atoms. The van der Waals surface area contributed by atoms with Crippen molar-refractivity contribution < 1.29 is 9.84 Å². The lowest BCUT2D eigenvalue weighted by Crippen LogP contribution is -2.18. The fourth-order valence-electron chi connectivity index (χ4n) is 0.990. The molecule has 1 aliphatic heterocycles. The summed E-state index contributed by atoms with van der Waals surface area (Å²) in [7, 11) is 0. The number of nitrogens with one attached hydrogen (secondary N) is 1. The Kier molecular flexibility index (Phi) is 2.97. The first-order valence-corrected chi connectivity index (χ1v) is 3.36. The van der Waals surface area contributed by atoms with Gasteiger partial charge in [-0.05, 0) is 13.0 Å². The summed E-state index contributed by atoms with van der Waals surface area (Å²) in [6.07, 6.45) is 1.43. The molecule has 1 saturated heterocycles. The van der Waals surface area contributed by atoms with Crippen molar-refractivity contribution in [1.82, 2.24) is 5.32 Å². The van der Waals surface area contributed by atoms with Gasteiger partial charge < -0.3 is 15.2 Å². The monoisotopic (exact) mass is 131 g/mol. The largest absolute Gasteiger partial charge is 0.394 e. The minimum absolute atomic E-state index is 0.135. The van der Waals surface area contributed by atoms with Crippen LogP contribution in [0.25, 0.3) is 0 Å². The first-order chi connectivity index (χ1) is 4.43. The molecule has 54 valence electrons. The van der Waals surface area contributed by atoms with Crippen molar-refractivity contribution in [1.29, 1.82) is 0 Å². The maximum absolute atomic E-state index is 8.38. The van der Waals surface area contributed by atoms with Crippen LogP contribution < -0.4 is 5.32 Å². The van der Waals surface area contributed by atoms with Gasteiger partial charge in [0.1, 0.15) is 0 Å². The third-order valence-electron chi connectivity index (χ3n) is 1.46. The van der Waals surface area contributed by atoms with Crippen molar-refractivity contribution >= 4 is 0 Å². The number of aliphatic hydroxyl groups excluding tert-OH is 1. The molecule has 0 aromatic carbocycles. The lowest BCUT2D eigenvalue weighted by atomic mass is 10.3. The Labute approximate surface area is 55.0 Å². The van der Waals surface area contributed by atoms with Gasteiger partial charge in [-0.25, -0.2) is 0 Å². The van der Waals surface area contributed by atoms with Crippen LogP contribution in [0.2, 0.25) is 0 Å². The SMILES string of the molecule is OCCO[C@@H]1CCNC1. The summed E-state index contributed by atoms with van der Waals surface area (Å²) < 4.78 is 5.24.